The molecule has 84 valence electrons. The van der Waals surface area contributed by atoms with Gasteiger partial charge in [-0.3, -0.25) is 0 Å². The van der Waals surface area contributed by atoms with Crippen LogP contribution in [0.2, 0.25) is 0 Å². The topological polar surface area (TPSA) is 18.5 Å². The summed E-state index contributed by atoms with van der Waals surface area (Å²) in [5.74, 6) is 1.66. The molecule has 0 radical (unpaired) electrons. The highest BCUT2D eigenvalue weighted by Gasteiger charge is 2.08. The predicted octanol–water partition coefficient (Wildman–Crippen LogP) is 3.57. The highest BCUT2D eigenvalue weighted by molar-refractivity contribution is 5.42. The van der Waals surface area contributed by atoms with E-state index in [0.29, 0.717) is 0 Å². The van der Waals surface area contributed by atoms with Gasteiger partial charge in [-0.1, -0.05) is 6.07 Å². The van der Waals surface area contributed by atoms with Crippen molar-refractivity contribution in [3.05, 3.63) is 23.8 Å². The van der Waals surface area contributed by atoms with Crippen molar-refractivity contribution in [2.75, 3.05) is 0 Å². The second-order valence-corrected chi connectivity index (χ2v) is 4.28. The Bertz CT molecular complexity index is 316. The molecule has 0 atom stereocenters. The molecular weight excluding hydrogens is 188 g/mol. The van der Waals surface area contributed by atoms with Crippen LogP contribution < -0.4 is 9.47 Å². The van der Waals surface area contributed by atoms with Gasteiger partial charge in [0.25, 0.3) is 0 Å². The molecule has 0 bridgehead atoms. The summed E-state index contributed by atoms with van der Waals surface area (Å²) in [5.41, 5.74) is 1.18. The first-order valence-electron chi connectivity index (χ1n) is 5.43. The van der Waals surface area contributed by atoms with Crippen LogP contribution in [0.1, 0.15) is 33.3 Å². The smallest absolute Gasteiger partial charge is 0.161 e. The highest BCUT2D eigenvalue weighted by atomic mass is 16.5. The lowest BCUT2D eigenvalue weighted by molar-refractivity contribution is 0.198. The Morgan fingerprint density at radius 1 is 0.867 bits per heavy atom. The first-order valence-corrected chi connectivity index (χ1v) is 5.43. The summed E-state index contributed by atoms with van der Waals surface area (Å²) in [6.45, 7) is 10.1. The molecule has 1 rings (SSSR count). The van der Waals surface area contributed by atoms with Gasteiger partial charge >= 0.3 is 0 Å². The maximum absolute atomic E-state index is 5.70. The van der Waals surface area contributed by atoms with Crippen molar-refractivity contribution in [1.29, 1.82) is 0 Å². The van der Waals surface area contributed by atoms with Crippen molar-refractivity contribution < 1.29 is 9.47 Å². The quantitative estimate of drug-likeness (QED) is 0.753. The largest absolute Gasteiger partial charge is 0.487 e. The Balaban J connectivity index is 2.92. The molecule has 0 N–H and O–H groups in total. The van der Waals surface area contributed by atoms with Gasteiger partial charge in [-0.2, -0.15) is 0 Å². The molecule has 0 fully saturated rings. The number of hydrogen-bond donors (Lipinski definition) is 0. The Kier molecular flexibility index (Phi) is 4.01. The molecule has 2 nitrogen and oxygen atoms in total. The third-order valence-electron chi connectivity index (χ3n) is 1.82. The zero-order valence-corrected chi connectivity index (χ0v) is 10.2. The highest BCUT2D eigenvalue weighted by Crippen LogP contribution is 2.29. The van der Waals surface area contributed by atoms with Gasteiger partial charge in [-0.25, -0.2) is 0 Å². The van der Waals surface area contributed by atoms with Crippen LogP contribution in [-0.4, -0.2) is 12.2 Å². The third-order valence-corrected chi connectivity index (χ3v) is 1.82. The van der Waals surface area contributed by atoms with E-state index in [1.807, 2.05) is 52.8 Å². The number of hydrogen-bond acceptors (Lipinski definition) is 2. The summed E-state index contributed by atoms with van der Waals surface area (Å²) in [5, 5.41) is 0. The molecule has 0 aliphatic rings. The van der Waals surface area contributed by atoms with Gasteiger partial charge in [0, 0.05) is 0 Å². The molecule has 0 saturated heterocycles. The first kappa shape index (κ1) is 11.9. The Labute approximate surface area is 92.2 Å². The van der Waals surface area contributed by atoms with Crippen LogP contribution in [0, 0.1) is 6.92 Å². The second-order valence-electron chi connectivity index (χ2n) is 4.28. The van der Waals surface area contributed by atoms with Crippen LogP contribution in [-0.2, 0) is 0 Å². The average molecular weight is 208 g/mol. The molecule has 15 heavy (non-hydrogen) atoms. The molecule has 0 aliphatic heterocycles. The molecule has 1 aromatic rings. The van der Waals surface area contributed by atoms with Gasteiger partial charge < -0.3 is 9.47 Å². The fourth-order valence-electron chi connectivity index (χ4n) is 1.31. The molecule has 0 amide bonds. The molecule has 0 saturated carbocycles. The minimum Gasteiger partial charge on any atom is -0.487 e. The fourth-order valence-corrected chi connectivity index (χ4v) is 1.31. The van der Waals surface area contributed by atoms with Crippen LogP contribution >= 0.6 is 0 Å². The van der Waals surface area contributed by atoms with Crippen LogP contribution in [0.25, 0.3) is 0 Å². The standard InChI is InChI=1S/C13H20O2/c1-9(2)14-12-7-6-11(5)8-13(12)15-10(3)4/h6-10H,1-5H3. The lowest BCUT2D eigenvalue weighted by Gasteiger charge is -2.17. The fraction of sp³-hybridized carbons (Fsp3) is 0.538. The Morgan fingerprint density at radius 2 is 1.40 bits per heavy atom. The van der Waals surface area contributed by atoms with Gasteiger partial charge in [-0.15, -0.1) is 0 Å². The Hall–Kier alpha value is -1.18. The summed E-state index contributed by atoms with van der Waals surface area (Å²) >= 11 is 0. The van der Waals surface area contributed by atoms with Gasteiger partial charge in [0.15, 0.2) is 11.5 Å². The van der Waals surface area contributed by atoms with Crippen molar-refractivity contribution in [3.63, 3.8) is 0 Å². The number of ether oxygens (including phenoxy) is 2. The maximum atomic E-state index is 5.70. The zero-order valence-electron chi connectivity index (χ0n) is 10.2. The molecule has 0 aromatic heterocycles. The first-order chi connectivity index (χ1) is 6.99. The SMILES string of the molecule is Cc1ccc(OC(C)C)c(OC(C)C)c1. The number of benzene rings is 1. The van der Waals surface area contributed by atoms with E-state index in [-0.39, 0.29) is 12.2 Å². The van der Waals surface area contributed by atoms with Crippen LogP contribution in [0.5, 0.6) is 11.5 Å². The van der Waals surface area contributed by atoms with E-state index in [1.54, 1.807) is 0 Å². The second kappa shape index (κ2) is 5.06. The molecule has 0 heterocycles. The average Bonchev–Trinajstić information content (AvgIpc) is 2.08. The normalized spacial score (nSPS) is 10.9. The van der Waals surface area contributed by atoms with Gasteiger partial charge in [0.05, 0.1) is 12.2 Å². The monoisotopic (exact) mass is 208 g/mol. The summed E-state index contributed by atoms with van der Waals surface area (Å²) < 4.78 is 11.4. The van der Waals surface area contributed by atoms with E-state index in [2.05, 4.69) is 0 Å². The van der Waals surface area contributed by atoms with Gasteiger partial charge in [0.1, 0.15) is 0 Å². The summed E-state index contributed by atoms with van der Waals surface area (Å²) in [7, 11) is 0. The van der Waals surface area contributed by atoms with E-state index < -0.39 is 0 Å². The van der Waals surface area contributed by atoms with E-state index in [4.69, 9.17) is 9.47 Å². The summed E-state index contributed by atoms with van der Waals surface area (Å²) in [6.07, 6.45) is 0.337. The van der Waals surface area contributed by atoms with Crippen molar-refractivity contribution in [2.45, 2.75) is 46.8 Å². The van der Waals surface area contributed by atoms with E-state index in [0.717, 1.165) is 11.5 Å². The van der Waals surface area contributed by atoms with Crippen molar-refractivity contribution in [2.24, 2.45) is 0 Å². The lowest BCUT2D eigenvalue weighted by atomic mass is 10.2. The van der Waals surface area contributed by atoms with Crippen molar-refractivity contribution in [1.82, 2.24) is 0 Å². The number of aryl methyl sites for hydroxylation is 1. The third kappa shape index (κ3) is 3.82. The van der Waals surface area contributed by atoms with E-state index >= 15 is 0 Å². The maximum Gasteiger partial charge on any atom is 0.161 e. The molecule has 1 aromatic carbocycles. The predicted molar refractivity (Wildman–Crippen MR) is 62.7 cm³/mol. The van der Waals surface area contributed by atoms with E-state index in [1.165, 1.54) is 5.56 Å². The Morgan fingerprint density at radius 3 is 1.93 bits per heavy atom. The molecule has 0 spiro atoms. The number of rotatable bonds is 4. The van der Waals surface area contributed by atoms with Crippen molar-refractivity contribution in [3.8, 4) is 11.5 Å². The van der Waals surface area contributed by atoms with Gasteiger partial charge in [-0.05, 0) is 52.3 Å². The van der Waals surface area contributed by atoms with Crippen molar-refractivity contribution >= 4 is 0 Å². The summed E-state index contributed by atoms with van der Waals surface area (Å²) in [4.78, 5) is 0. The van der Waals surface area contributed by atoms with Gasteiger partial charge in [0.2, 0.25) is 0 Å². The molecule has 2 heteroatoms. The van der Waals surface area contributed by atoms with E-state index in [9.17, 15) is 0 Å². The minimum atomic E-state index is 0.168. The molecular formula is C13H20O2. The zero-order chi connectivity index (χ0) is 11.4. The van der Waals surface area contributed by atoms with Crippen LogP contribution in [0.4, 0.5) is 0 Å². The van der Waals surface area contributed by atoms with Crippen LogP contribution in [0.3, 0.4) is 0 Å². The molecule has 0 unspecified atom stereocenters. The summed E-state index contributed by atoms with van der Waals surface area (Å²) in [6, 6.07) is 6.01. The lowest BCUT2D eigenvalue weighted by Crippen LogP contribution is -2.10. The van der Waals surface area contributed by atoms with Crippen LogP contribution in [0.15, 0.2) is 18.2 Å². The molecule has 0 aliphatic carbocycles. The minimum absolute atomic E-state index is 0.168.